The Balaban J connectivity index is 1.28. The molecule has 0 bridgehead atoms. The average molecular weight is 532 g/mol. The number of alkyl halides is 3. The predicted molar refractivity (Wildman–Crippen MR) is 125 cm³/mol. The predicted octanol–water partition coefficient (Wildman–Crippen LogP) is 4.05. The molecule has 5 rings (SSSR count). The molecule has 1 aromatic carbocycles. The van der Waals surface area contributed by atoms with E-state index in [1.807, 2.05) is 0 Å². The van der Waals surface area contributed by atoms with Gasteiger partial charge in [-0.25, -0.2) is 28.4 Å². The number of furan rings is 1. The molecule has 1 aliphatic heterocycles. The molecule has 0 saturated carbocycles. The van der Waals surface area contributed by atoms with Crippen LogP contribution in [0.5, 0.6) is 0 Å². The summed E-state index contributed by atoms with van der Waals surface area (Å²) in [5.41, 5.74) is 1.49. The molecular formula is C24H20F3N5O4S. The number of sulfonamides is 1. The number of aromatic nitrogens is 4. The van der Waals surface area contributed by atoms with Crippen LogP contribution in [0.2, 0.25) is 0 Å². The molecule has 1 fully saturated rings. The second-order valence-electron chi connectivity index (χ2n) is 8.53. The van der Waals surface area contributed by atoms with Crippen LogP contribution in [0.15, 0.2) is 64.6 Å². The number of hydrogen-bond donors (Lipinski definition) is 0. The Morgan fingerprint density at radius 1 is 1.08 bits per heavy atom. The van der Waals surface area contributed by atoms with Gasteiger partial charge in [-0.1, -0.05) is 18.2 Å². The number of nitrogens with zero attached hydrogens (tertiary/aromatic N) is 5. The largest absolute Gasteiger partial charge is 0.451 e. The van der Waals surface area contributed by atoms with Crippen molar-refractivity contribution in [3.05, 3.63) is 66.6 Å². The van der Waals surface area contributed by atoms with Crippen molar-refractivity contribution in [2.45, 2.75) is 43.0 Å². The first-order chi connectivity index (χ1) is 17.6. The molecule has 4 aromatic rings. The van der Waals surface area contributed by atoms with Crippen molar-refractivity contribution in [1.82, 2.24) is 24.2 Å². The lowest BCUT2D eigenvalue weighted by Gasteiger charge is -2.21. The maximum atomic E-state index is 13.3. The highest BCUT2D eigenvalue weighted by Gasteiger charge is 2.40. The summed E-state index contributed by atoms with van der Waals surface area (Å²) in [6.07, 6.45) is -0.208. The minimum Gasteiger partial charge on any atom is -0.443 e. The van der Waals surface area contributed by atoms with Gasteiger partial charge in [0, 0.05) is 48.1 Å². The van der Waals surface area contributed by atoms with Crippen molar-refractivity contribution < 1.29 is 30.8 Å². The van der Waals surface area contributed by atoms with E-state index in [0.717, 1.165) is 12.4 Å². The highest BCUT2D eigenvalue weighted by Crippen LogP contribution is 2.31. The number of para-hydroxylation sites is 1. The third-order valence-corrected chi connectivity index (χ3v) is 7.86. The first-order valence-electron chi connectivity index (χ1n) is 11.4. The van der Waals surface area contributed by atoms with Crippen LogP contribution in [0, 0.1) is 0 Å². The summed E-state index contributed by atoms with van der Waals surface area (Å²) in [6, 6.07) is 9.12. The van der Waals surface area contributed by atoms with Gasteiger partial charge in [-0.05, 0) is 31.4 Å². The highest BCUT2D eigenvalue weighted by atomic mass is 32.2. The van der Waals surface area contributed by atoms with E-state index in [-0.39, 0.29) is 35.8 Å². The van der Waals surface area contributed by atoms with Crippen LogP contribution in [0.3, 0.4) is 0 Å². The van der Waals surface area contributed by atoms with Crippen molar-refractivity contribution in [3.63, 3.8) is 0 Å². The van der Waals surface area contributed by atoms with Gasteiger partial charge in [0.05, 0.1) is 11.7 Å². The topological polar surface area (TPSA) is 119 Å². The Morgan fingerprint density at radius 2 is 1.84 bits per heavy atom. The Labute approximate surface area is 209 Å². The Hall–Kier alpha value is -3.71. The zero-order valence-electron chi connectivity index (χ0n) is 19.2. The molecule has 1 aliphatic rings. The molecule has 0 amide bonds. The highest BCUT2D eigenvalue weighted by molar-refractivity contribution is 7.89. The number of ketones is 1. The monoisotopic (exact) mass is 531 g/mol. The number of carbonyl (C=O) groups excluding carboxylic acids is 1. The van der Waals surface area contributed by atoms with Gasteiger partial charge in [0.1, 0.15) is 11.9 Å². The minimum atomic E-state index is -4.65. The number of rotatable bonds is 7. The summed E-state index contributed by atoms with van der Waals surface area (Å²) in [5.74, 6) is -1.51. The standard InChI is InChI=1S/C24H20F3N5O4S/c25-24(26,27)23-28-12-16(13-29-23)18-11-17(30-14-31-18)7-8-20(33)19-5-3-9-32(19)37(34,35)22-10-15-4-1-2-6-21(15)36-22/h1-2,4,6,10-14,19H,3,5,7-9H2/t19-/m0/s1. The van der Waals surface area contributed by atoms with Crippen LogP contribution in [0.25, 0.3) is 22.2 Å². The molecule has 13 heteroatoms. The van der Waals surface area contributed by atoms with Gasteiger partial charge in [-0.3, -0.25) is 4.79 Å². The number of fused-ring (bicyclic) bond motifs is 1. The van der Waals surface area contributed by atoms with Crippen molar-refractivity contribution in [2.24, 2.45) is 0 Å². The van der Waals surface area contributed by atoms with E-state index in [2.05, 4.69) is 19.9 Å². The maximum absolute atomic E-state index is 13.3. The third-order valence-electron chi connectivity index (χ3n) is 6.09. The van der Waals surface area contributed by atoms with Crippen LogP contribution < -0.4 is 0 Å². The molecule has 192 valence electrons. The van der Waals surface area contributed by atoms with Crippen LogP contribution in [-0.2, 0) is 27.4 Å². The van der Waals surface area contributed by atoms with E-state index in [4.69, 9.17) is 4.42 Å². The molecule has 0 N–H and O–H groups in total. The Kier molecular flexibility index (Phi) is 6.50. The summed E-state index contributed by atoms with van der Waals surface area (Å²) in [5, 5.41) is 0.453. The van der Waals surface area contributed by atoms with Gasteiger partial charge >= 0.3 is 6.18 Å². The Bertz CT molecular complexity index is 1520. The summed E-state index contributed by atoms with van der Waals surface area (Å²) in [7, 11) is -4.01. The lowest BCUT2D eigenvalue weighted by Crippen LogP contribution is -2.40. The second kappa shape index (κ2) is 9.63. The van der Waals surface area contributed by atoms with Gasteiger partial charge < -0.3 is 4.42 Å². The summed E-state index contributed by atoms with van der Waals surface area (Å²) >= 11 is 0. The fraction of sp³-hybridized carbons (Fsp3) is 0.292. The van der Waals surface area contributed by atoms with Crippen LogP contribution in [0.1, 0.15) is 30.8 Å². The number of carbonyl (C=O) groups is 1. The number of hydrogen-bond acceptors (Lipinski definition) is 8. The maximum Gasteiger partial charge on any atom is 0.451 e. The zero-order chi connectivity index (χ0) is 26.2. The number of Topliss-reactive ketones (excluding diaryl/α,β-unsaturated/α-hetero) is 1. The summed E-state index contributed by atoms with van der Waals surface area (Å²) < 4.78 is 71.4. The first kappa shape index (κ1) is 25.0. The van der Waals surface area contributed by atoms with Gasteiger partial charge in [-0.2, -0.15) is 17.5 Å². The molecule has 1 atom stereocenters. The van der Waals surface area contributed by atoms with Crippen LogP contribution in [0.4, 0.5) is 13.2 Å². The SMILES string of the molecule is O=C(CCc1cc(-c2cnc(C(F)(F)F)nc2)ncn1)[C@@H]1CCCN1S(=O)(=O)c1cc2ccccc2o1. The second-order valence-corrected chi connectivity index (χ2v) is 10.4. The summed E-state index contributed by atoms with van der Waals surface area (Å²) in [6.45, 7) is 0.210. The van der Waals surface area contributed by atoms with Crippen LogP contribution >= 0.6 is 0 Å². The van der Waals surface area contributed by atoms with Crippen molar-refractivity contribution in [3.8, 4) is 11.3 Å². The van der Waals surface area contributed by atoms with Crippen molar-refractivity contribution in [1.29, 1.82) is 0 Å². The van der Waals surface area contributed by atoms with Gasteiger partial charge in [0.15, 0.2) is 5.78 Å². The molecule has 37 heavy (non-hydrogen) atoms. The molecule has 1 saturated heterocycles. The third kappa shape index (κ3) is 5.09. The van der Waals surface area contributed by atoms with E-state index >= 15 is 0 Å². The minimum absolute atomic E-state index is 0.0246. The van der Waals surface area contributed by atoms with Gasteiger partial charge in [0.2, 0.25) is 10.9 Å². The number of halogens is 3. The molecule has 4 heterocycles. The van der Waals surface area contributed by atoms with E-state index in [1.165, 1.54) is 22.8 Å². The normalized spacial score (nSPS) is 16.9. The quantitative estimate of drug-likeness (QED) is 0.350. The molecular weight excluding hydrogens is 511 g/mol. The summed E-state index contributed by atoms with van der Waals surface area (Å²) in [4.78, 5) is 27.9. The zero-order valence-corrected chi connectivity index (χ0v) is 20.0. The molecule has 3 aromatic heterocycles. The fourth-order valence-electron chi connectivity index (χ4n) is 4.27. The van der Waals surface area contributed by atoms with E-state index in [9.17, 15) is 26.4 Å². The lowest BCUT2D eigenvalue weighted by molar-refractivity contribution is -0.145. The first-order valence-corrected chi connectivity index (χ1v) is 12.8. The molecule has 0 radical (unpaired) electrons. The Morgan fingerprint density at radius 3 is 2.57 bits per heavy atom. The lowest BCUT2D eigenvalue weighted by atomic mass is 10.0. The number of aryl methyl sites for hydroxylation is 1. The fourth-order valence-corrected chi connectivity index (χ4v) is 5.90. The van der Waals surface area contributed by atoms with Crippen LogP contribution in [-0.4, -0.2) is 51.0 Å². The average Bonchev–Trinajstić information content (AvgIpc) is 3.55. The van der Waals surface area contributed by atoms with E-state index in [1.54, 1.807) is 24.3 Å². The molecule has 0 spiro atoms. The van der Waals surface area contributed by atoms with Crippen molar-refractivity contribution in [2.75, 3.05) is 6.54 Å². The smallest absolute Gasteiger partial charge is 0.443 e. The van der Waals surface area contributed by atoms with Gasteiger partial charge in [-0.15, -0.1) is 0 Å². The van der Waals surface area contributed by atoms with E-state index < -0.39 is 28.1 Å². The number of benzene rings is 1. The van der Waals surface area contributed by atoms with Gasteiger partial charge in [0.25, 0.3) is 10.0 Å². The molecule has 0 aliphatic carbocycles. The van der Waals surface area contributed by atoms with E-state index in [0.29, 0.717) is 35.2 Å². The molecule has 9 nitrogen and oxygen atoms in total. The van der Waals surface area contributed by atoms with Crippen molar-refractivity contribution >= 4 is 26.8 Å². The molecule has 0 unspecified atom stereocenters.